The SMILES string of the molecule is CC(=O)C1([NH])CCCCCC1. The second-order valence-electron chi connectivity index (χ2n) is 3.55. The number of hydrogen-bond acceptors (Lipinski definition) is 1. The first-order chi connectivity index (χ1) is 5.15. The van der Waals surface area contributed by atoms with E-state index >= 15 is 0 Å². The van der Waals surface area contributed by atoms with Crippen LogP contribution in [0, 0.1) is 0 Å². The van der Waals surface area contributed by atoms with Crippen LogP contribution in [-0.2, 0) is 4.79 Å². The molecule has 63 valence electrons. The maximum atomic E-state index is 11.1. The van der Waals surface area contributed by atoms with Crippen molar-refractivity contribution >= 4 is 5.78 Å². The smallest absolute Gasteiger partial charge is 0.151 e. The molecule has 0 spiro atoms. The van der Waals surface area contributed by atoms with Crippen LogP contribution < -0.4 is 5.73 Å². The van der Waals surface area contributed by atoms with Crippen LogP contribution in [0.3, 0.4) is 0 Å². The van der Waals surface area contributed by atoms with Gasteiger partial charge < -0.3 is 0 Å². The van der Waals surface area contributed by atoms with Gasteiger partial charge in [-0.25, -0.2) is 5.73 Å². The van der Waals surface area contributed by atoms with E-state index in [0.717, 1.165) is 25.7 Å². The fourth-order valence-corrected chi connectivity index (χ4v) is 1.68. The molecule has 1 saturated carbocycles. The highest BCUT2D eigenvalue weighted by Gasteiger charge is 2.31. The first-order valence-corrected chi connectivity index (χ1v) is 4.41. The summed E-state index contributed by atoms with van der Waals surface area (Å²) in [7, 11) is 0. The Morgan fingerprint density at radius 2 is 1.64 bits per heavy atom. The molecular formula is C9H16NO. The number of rotatable bonds is 1. The van der Waals surface area contributed by atoms with Gasteiger partial charge in [0.2, 0.25) is 0 Å². The molecule has 0 bridgehead atoms. The highest BCUT2D eigenvalue weighted by Crippen LogP contribution is 2.26. The van der Waals surface area contributed by atoms with Gasteiger partial charge >= 0.3 is 0 Å². The Hall–Kier alpha value is -0.370. The molecule has 1 aliphatic rings. The zero-order valence-corrected chi connectivity index (χ0v) is 7.15. The summed E-state index contributed by atoms with van der Waals surface area (Å²) < 4.78 is 0. The van der Waals surface area contributed by atoms with E-state index in [-0.39, 0.29) is 5.78 Å². The van der Waals surface area contributed by atoms with Gasteiger partial charge in [-0.15, -0.1) is 0 Å². The van der Waals surface area contributed by atoms with Crippen molar-refractivity contribution in [2.45, 2.75) is 51.0 Å². The van der Waals surface area contributed by atoms with E-state index in [9.17, 15) is 4.79 Å². The van der Waals surface area contributed by atoms with Gasteiger partial charge in [0.25, 0.3) is 0 Å². The van der Waals surface area contributed by atoms with Crippen LogP contribution in [0.15, 0.2) is 0 Å². The van der Waals surface area contributed by atoms with Gasteiger partial charge in [0.15, 0.2) is 5.78 Å². The van der Waals surface area contributed by atoms with E-state index in [1.165, 1.54) is 12.8 Å². The molecular weight excluding hydrogens is 138 g/mol. The lowest BCUT2D eigenvalue weighted by Crippen LogP contribution is -2.37. The molecule has 0 atom stereocenters. The van der Waals surface area contributed by atoms with E-state index < -0.39 is 5.54 Å². The van der Waals surface area contributed by atoms with E-state index in [1.54, 1.807) is 6.92 Å². The van der Waals surface area contributed by atoms with Crippen LogP contribution in [-0.4, -0.2) is 11.3 Å². The molecule has 0 aromatic heterocycles. The van der Waals surface area contributed by atoms with Gasteiger partial charge in [-0.05, 0) is 19.8 Å². The van der Waals surface area contributed by atoms with Crippen molar-refractivity contribution in [3.63, 3.8) is 0 Å². The highest BCUT2D eigenvalue weighted by molar-refractivity contribution is 5.85. The van der Waals surface area contributed by atoms with Gasteiger partial charge in [-0.3, -0.25) is 4.79 Å². The van der Waals surface area contributed by atoms with E-state index in [4.69, 9.17) is 5.73 Å². The number of hydrogen-bond donors (Lipinski definition) is 0. The number of ketones is 1. The molecule has 1 aliphatic carbocycles. The fraction of sp³-hybridized carbons (Fsp3) is 0.889. The zero-order chi connectivity index (χ0) is 8.32. The second kappa shape index (κ2) is 3.35. The highest BCUT2D eigenvalue weighted by atomic mass is 16.1. The molecule has 0 aromatic rings. The minimum Gasteiger partial charge on any atom is -0.298 e. The number of Topliss-reactive ketones (excluding diaryl/α,β-unsaturated/α-hetero) is 1. The Morgan fingerprint density at radius 1 is 1.18 bits per heavy atom. The van der Waals surface area contributed by atoms with Crippen molar-refractivity contribution in [1.82, 2.24) is 5.73 Å². The van der Waals surface area contributed by atoms with Crippen LogP contribution in [0.4, 0.5) is 0 Å². The third-order valence-electron chi connectivity index (χ3n) is 2.63. The van der Waals surface area contributed by atoms with Gasteiger partial charge in [-0.2, -0.15) is 0 Å². The van der Waals surface area contributed by atoms with Crippen LogP contribution in [0.2, 0.25) is 0 Å². The monoisotopic (exact) mass is 154 g/mol. The van der Waals surface area contributed by atoms with Crippen LogP contribution in [0.1, 0.15) is 45.4 Å². The van der Waals surface area contributed by atoms with Crippen LogP contribution in [0.5, 0.6) is 0 Å². The molecule has 1 radical (unpaired) electrons. The van der Waals surface area contributed by atoms with Crippen LogP contribution in [0.25, 0.3) is 0 Å². The minimum atomic E-state index is -0.726. The largest absolute Gasteiger partial charge is 0.298 e. The molecule has 0 heterocycles. The summed E-state index contributed by atoms with van der Waals surface area (Å²) >= 11 is 0. The molecule has 0 saturated heterocycles. The third-order valence-corrected chi connectivity index (χ3v) is 2.63. The lowest BCUT2D eigenvalue weighted by Gasteiger charge is -2.22. The van der Waals surface area contributed by atoms with Crippen LogP contribution >= 0.6 is 0 Å². The molecule has 1 fully saturated rings. The molecule has 0 unspecified atom stereocenters. The van der Waals surface area contributed by atoms with E-state index in [2.05, 4.69) is 0 Å². The first kappa shape index (κ1) is 8.72. The second-order valence-corrected chi connectivity index (χ2v) is 3.55. The number of carbonyl (C=O) groups is 1. The average molecular weight is 154 g/mol. The van der Waals surface area contributed by atoms with Gasteiger partial charge in [0, 0.05) is 0 Å². The molecule has 2 nitrogen and oxygen atoms in total. The zero-order valence-electron chi connectivity index (χ0n) is 7.15. The van der Waals surface area contributed by atoms with Crippen molar-refractivity contribution in [3.8, 4) is 0 Å². The average Bonchev–Trinajstić information content (AvgIpc) is 2.15. The molecule has 2 heteroatoms. The Kier molecular flexibility index (Phi) is 2.66. The summed E-state index contributed by atoms with van der Waals surface area (Å²) in [5, 5.41) is 0. The molecule has 0 aliphatic heterocycles. The lowest BCUT2D eigenvalue weighted by molar-refractivity contribution is -0.122. The number of carbonyl (C=O) groups excluding carboxylic acids is 1. The Morgan fingerprint density at radius 3 is 2.00 bits per heavy atom. The normalized spacial score (nSPS) is 24.2. The third kappa shape index (κ3) is 2.03. The van der Waals surface area contributed by atoms with Crippen molar-refractivity contribution in [3.05, 3.63) is 0 Å². The summed E-state index contributed by atoms with van der Waals surface area (Å²) in [6.45, 7) is 1.55. The minimum absolute atomic E-state index is 0.0550. The summed E-state index contributed by atoms with van der Waals surface area (Å²) in [6.07, 6.45) is 6.08. The summed E-state index contributed by atoms with van der Waals surface area (Å²) in [4.78, 5) is 11.1. The van der Waals surface area contributed by atoms with Crippen molar-refractivity contribution in [2.75, 3.05) is 0 Å². The fourth-order valence-electron chi connectivity index (χ4n) is 1.68. The van der Waals surface area contributed by atoms with Crippen molar-refractivity contribution < 1.29 is 4.79 Å². The van der Waals surface area contributed by atoms with Gasteiger partial charge in [-0.1, -0.05) is 25.7 Å². The standard InChI is InChI=1S/C9H16NO/c1-8(11)9(10)6-4-2-3-5-7-9/h10H,2-7H2,1H3. The predicted octanol–water partition coefficient (Wildman–Crippen LogP) is 1.95. The topological polar surface area (TPSA) is 40.9 Å². The van der Waals surface area contributed by atoms with Gasteiger partial charge in [0.1, 0.15) is 0 Å². The molecule has 11 heavy (non-hydrogen) atoms. The maximum Gasteiger partial charge on any atom is 0.151 e. The Bertz CT molecular complexity index is 146. The van der Waals surface area contributed by atoms with E-state index in [1.807, 2.05) is 0 Å². The van der Waals surface area contributed by atoms with Crippen molar-refractivity contribution in [2.24, 2.45) is 0 Å². The number of nitrogens with one attached hydrogen (secondary N) is 1. The maximum absolute atomic E-state index is 11.1. The van der Waals surface area contributed by atoms with Crippen molar-refractivity contribution in [1.29, 1.82) is 0 Å². The lowest BCUT2D eigenvalue weighted by atomic mass is 9.88. The molecule has 1 rings (SSSR count). The first-order valence-electron chi connectivity index (χ1n) is 4.41. The summed E-state index contributed by atoms with van der Waals surface area (Å²) in [6, 6.07) is 0. The molecule has 1 N–H and O–H groups in total. The van der Waals surface area contributed by atoms with Gasteiger partial charge in [0.05, 0.1) is 5.54 Å². The summed E-state index contributed by atoms with van der Waals surface area (Å²) in [5.41, 5.74) is 7.14. The molecule has 0 aromatic carbocycles. The predicted molar refractivity (Wildman–Crippen MR) is 44.2 cm³/mol. The molecule has 0 amide bonds. The Balaban J connectivity index is 2.59. The summed E-state index contributed by atoms with van der Waals surface area (Å²) in [5.74, 6) is 0.0550. The quantitative estimate of drug-likeness (QED) is 0.532. The Labute approximate surface area is 68.2 Å². The van der Waals surface area contributed by atoms with E-state index in [0.29, 0.717) is 0 Å².